The number of hydrogen-bond donors (Lipinski definition) is 3. The van der Waals surface area contributed by atoms with E-state index in [1.165, 1.54) is 4.90 Å². The Hall–Kier alpha value is -1.47. The number of rotatable bonds is 5. The molecular weight excluding hydrogens is 332 g/mol. The maximum atomic E-state index is 12.2. The molecule has 1 unspecified atom stereocenters. The number of carbonyl (C=O) groups is 2. The Morgan fingerprint density at radius 1 is 1.35 bits per heavy atom. The van der Waals surface area contributed by atoms with E-state index in [2.05, 4.69) is 15.1 Å². The first kappa shape index (κ1) is 16.4. The number of hydrogen-bond acceptors (Lipinski definition) is 7. The van der Waals surface area contributed by atoms with Gasteiger partial charge < -0.3 is 10.2 Å². The molecule has 3 N–H and O–H groups in total. The summed E-state index contributed by atoms with van der Waals surface area (Å²) in [5.74, 6) is -0.461. The van der Waals surface area contributed by atoms with Crippen LogP contribution in [0, 0.1) is 0 Å². The molecule has 3 heterocycles. The fraction of sp³-hybridized carbons (Fsp3) is 0.818. The van der Waals surface area contributed by atoms with Gasteiger partial charge in [-0.05, 0) is 25.8 Å². The molecule has 0 spiro atoms. The Labute approximate surface area is 132 Å². The van der Waals surface area contributed by atoms with Crippen LogP contribution in [0.2, 0.25) is 0 Å². The number of hydroxylamine groups is 3. The average molecular weight is 350 g/mol. The highest BCUT2D eigenvalue weighted by Crippen LogP contribution is 2.30. The molecule has 23 heavy (non-hydrogen) atoms. The normalized spacial score (nSPS) is 30.8. The van der Waals surface area contributed by atoms with Crippen LogP contribution in [0.1, 0.15) is 19.3 Å². The highest BCUT2D eigenvalue weighted by Gasteiger charge is 2.49. The summed E-state index contributed by atoms with van der Waals surface area (Å²) in [6, 6.07) is -2.05. The summed E-state index contributed by atoms with van der Waals surface area (Å²) in [5, 5.41) is 3.69. The van der Waals surface area contributed by atoms with Crippen LogP contribution in [-0.4, -0.2) is 72.7 Å². The van der Waals surface area contributed by atoms with Gasteiger partial charge in [0.05, 0.1) is 12.1 Å². The van der Waals surface area contributed by atoms with Crippen LogP contribution in [0.15, 0.2) is 0 Å². The van der Waals surface area contributed by atoms with Gasteiger partial charge in [0, 0.05) is 13.1 Å². The zero-order valence-corrected chi connectivity index (χ0v) is 13.0. The largest absolute Gasteiger partial charge is 0.418 e. The Morgan fingerprint density at radius 3 is 2.78 bits per heavy atom. The summed E-state index contributed by atoms with van der Waals surface area (Å²) < 4.78 is 34.6. The van der Waals surface area contributed by atoms with E-state index in [0.717, 1.165) is 13.0 Å². The molecule has 3 saturated heterocycles. The van der Waals surface area contributed by atoms with Crippen molar-refractivity contribution >= 4 is 22.3 Å². The standard InChI is InChI=1S/C11H18N4O7S/c16-10(13-21-8-3-4-12-5-8)9-2-1-7-6-14(9)11(17)15(7)22-23(18,19)20/h7-9,12H,1-6H2,(H,13,16)(H,18,19,20)/t7?,8-,9+/m1/s1. The third-order valence-electron chi connectivity index (χ3n) is 4.14. The van der Waals surface area contributed by atoms with E-state index >= 15 is 0 Å². The lowest BCUT2D eigenvalue weighted by Gasteiger charge is -2.29. The van der Waals surface area contributed by atoms with Crippen LogP contribution in [-0.2, 0) is 24.3 Å². The Morgan fingerprint density at radius 2 is 2.13 bits per heavy atom. The first-order valence-electron chi connectivity index (χ1n) is 7.28. The molecule has 2 bridgehead atoms. The third-order valence-corrected chi connectivity index (χ3v) is 4.49. The predicted octanol–water partition coefficient (Wildman–Crippen LogP) is -1.60. The van der Waals surface area contributed by atoms with E-state index < -0.39 is 34.4 Å². The molecule has 0 aromatic rings. The summed E-state index contributed by atoms with van der Waals surface area (Å²) >= 11 is 0. The van der Waals surface area contributed by atoms with Crippen LogP contribution in [0.4, 0.5) is 4.79 Å². The van der Waals surface area contributed by atoms with Crippen LogP contribution in [0.5, 0.6) is 0 Å². The summed E-state index contributed by atoms with van der Waals surface area (Å²) in [6.07, 6.45) is 1.40. The van der Waals surface area contributed by atoms with Crippen molar-refractivity contribution in [3.05, 3.63) is 0 Å². The Balaban J connectivity index is 1.60. The zero-order chi connectivity index (χ0) is 16.6. The quantitative estimate of drug-likeness (QED) is 0.398. The van der Waals surface area contributed by atoms with Crippen molar-refractivity contribution in [1.29, 1.82) is 0 Å². The monoisotopic (exact) mass is 350 g/mol. The lowest BCUT2D eigenvalue weighted by atomic mass is 10.0. The van der Waals surface area contributed by atoms with Gasteiger partial charge in [-0.3, -0.25) is 14.2 Å². The van der Waals surface area contributed by atoms with Crippen molar-refractivity contribution in [2.45, 2.75) is 37.5 Å². The van der Waals surface area contributed by atoms with Crippen molar-refractivity contribution in [2.75, 3.05) is 19.6 Å². The predicted molar refractivity (Wildman–Crippen MR) is 73.9 cm³/mol. The molecule has 3 atom stereocenters. The number of piperidine rings is 1. The highest BCUT2D eigenvalue weighted by molar-refractivity contribution is 7.80. The fourth-order valence-electron chi connectivity index (χ4n) is 3.04. The number of carbonyl (C=O) groups excluding carboxylic acids is 2. The zero-order valence-electron chi connectivity index (χ0n) is 12.2. The molecule has 0 aromatic heterocycles. The van der Waals surface area contributed by atoms with E-state index in [4.69, 9.17) is 9.39 Å². The van der Waals surface area contributed by atoms with Crippen molar-refractivity contribution < 1.29 is 31.7 Å². The number of nitrogens with zero attached hydrogens (tertiary/aromatic N) is 2. The van der Waals surface area contributed by atoms with Crippen molar-refractivity contribution in [3.63, 3.8) is 0 Å². The van der Waals surface area contributed by atoms with E-state index in [1.807, 2.05) is 0 Å². The van der Waals surface area contributed by atoms with Gasteiger partial charge in [0.1, 0.15) is 6.04 Å². The number of amides is 3. The van der Waals surface area contributed by atoms with Gasteiger partial charge in [0.2, 0.25) is 0 Å². The molecule has 130 valence electrons. The first-order valence-corrected chi connectivity index (χ1v) is 8.65. The SMILES string of the molecule is O=C(NO[C@@H]1CCNC1)[C@@H]1CCC2CN1C(=O)N2OS(=O)(=O)O. The van der Waals surface area contributed by atoms with Gasteiger partial charge in [-0.1, -0.05) is 0 Å². The Bertz CT molecular complexity index is 591. The van der Waals surface area contributed by atoms with E-state index in [9.17, 15) is 18.0 Å². The highest BCUT2D eigenvalue weighted by atomic mass is 32.3. The van der Waals surface area contributed by atoms with Gasteiger partial charge in [0.15, 0.2) is 0 Å². The molecule has 3 aliphatic heterocycles. The van der Waals surface area contributed by atoms with Gasteiger partial charge in [-0.2, -0.15) is 13.5 Å². The summed E-state index contributed by atoms with van der Waals surface area (Å²) in [6.45, 7) is 1.61. The molecular formula is C11H18N4O7S. The van der Waals surface area contributed by atoms with Crippen molar-refractivity contribution in [3.8, 4) is 0 Å². The summed E-state index contributed by atoms with van der Waals surface area (Å²) in [7, 11) is -4.79. The Kier molecular flexibility index (Phi) is 4.42. The minimum Gasteiger partial charge on any atom is -0.314 e. The smallest absolute Gasteiger partial charge is 0.314 e. The second-order valence-corrected chi connectivity index (χ2v) is 6.71. The lowest BCUT2D eigenvalue weighted by Crippen LogP contribution is -2.50. The van der Waals surface area contributed by atoms with E-state index in [-0.39, 0.29) is 12.6 Å². The van der Waals surface area contributed by atoms with E-state index in [0.29, 0.717) is 24.4 Å². The lowest BCUT2D eigenvalue weighted by molar-refractivity contribution is -0.142. The molecule has 11 nitrogen and oxygen atoms in total. The van der Waals surface area contributed by atoms with Crippen LogP contribution in [0.25, 0.3) is 0 Å². The van der Waals surface area contributed by atoms with Crippen molar-refractivity contribution in [2.24, 2.45) is 0 Å². The molecule has 0 radical (unpaired) electrons. The van der Waals surface area contributed by atoms with Crippen LogP contribution < -0.4 is 10.8 Å². The van der Waals surface area contributed by atoms with Crippen LogP contribution >= 0.6 is 0 Å². The molecule has 3 amide bonds. The summed E-state index contributed by atoms with van der Waals surface area (Å²) in [4.78, 5) is 30.9. The van der Waals surface area contributed by atoms with Gasteiger partial charge in [0.25, 0.3) is 5.91 Å². The average Bonchev–Trinajstić information content (AvgIpc) is 3.08. The topological polar surface area (TPSA) is 138 Å². The minimum absolute atomic E-state index is 0.107. The second kappa shape index (κ2) is 6.20. The molecule has 3 aliphatic rings. The number of nitrogens with one attached hydrogen (secondary N) is 2. The van der Waals surface area contributed by atoms with E-state index in [1.54, 1.807) is 0 Å². The number of fused-ring (bicyclic) bond motifs is 2. The molecule has 3 rings (SSSR count). The molecule has 0 aromatic carbocycles. The fourth-order valence-corrected chi connectivity index (χ4v) is 3.43. The minimum atomic E-state index is -4.79. The molecule has 0 saturated carbocycles. The van der Waals surface area contributed by atoms with Gasteiger partial charge in [-0.15, -0.1) is 4.28 Å². The summed E-state index contributed by atoms with van der Waals surface area (Å²) in [5.41, 5.74) is 2.36. The second-order valence-electron chi connectivity index (χ2n) is 5.71. The van der Waals surface area contributed by atoms with Gasteiger partial charge in [-0.25, -0.2) is 10.3 Å². The first-order chi connectivity index (χ1) is 10.8. The van der Waals surface area contributed by atoms with Crippen LogP contribution in [0.3, 0.4) is 0 Å². The molecule has 3 fully saturated rings. The number of urea groups is 1. The van der Waals surface area contributed by atoms with Gasteiger partial charge >= 0.3 is 16.4 Å². The maximum absolute atomic E-state index is 12.2. The molecule has 12 heteroatoms. The maximum Gasteiger partial charge on any atom is 0.418 e. The van der Waals surface area contributed by atoms with Crippen molar-refractivity contribution in [1.82, 2.24) is 20.8 Å². The third kappa shape index (κ3) is 3.55. The molecule has 0 aliphatic carbocycles.